The molecule has 2 N–H and O–H groups in total. The Balaban J connectivity index is 2.94. The second-order valence-electron chi connectivity index (χ2n) is 4.58. The molecule has 1 aromatic carbocycles. The summed E-state index contributed by atoms with van der Waals surface area (Å²) in [7, 11) is 5.82. The lowest BCUT2D eigenvalue weighted by Gasteiger charge is -2.35. The van der Waals surface area contributed by atoms with Gasteiger partial charge in [-0.3, -0.25) is 0 Å². The quantitative estimate of drug-likeness (QED) is 0.821. The number of methoxy groups -OCH3 is 1. The SMILES string of the molecule is COc1ccccc1CC(C)(CN)N(C)C. The van der Waals surface area contributed by atoms with Crippen molar-refractivity contribution < 1.29 is 4.74 Å². The first kappa shape index (κ1) is 13.0. The summed E-state index contributed by atoms with van der Waals surface area (Å²) >= 11 is 0. The van der Waals surface area contributed by atoms with E-state index in [4.69, 9.17) is 10.5 Å². The molecule has 16 heavy (non-hydrogen) atoms. The largest absolute Gasteiger partial charge is 0.496 e. The zero-order valence-electron chi connectivity index (χ0n) is 10.7. The van der Waals surface area contributed by atoms with Crippen LogP contribution in [0, 0.1) is 0 Å². The number of hydrogen-bond acceptors (Lipinski definition) is 3. The Morgan fingerprint density at radius 3 is 2.44 bits per heavy atom. The lowest BCUT2D eigenvalue weighted by atomic mass is 9.91. The highest BCUT2D eigenvalue weighted by molar-refractivity contribution is 5.34. The summed E-state index contributed by atoms with van der Waals surface area (Å²) in [5.41, 5.74) is 7.03. The molecule has 0 bridgehead atoms. The van der Waals surface area contributed by atoms with Crippen molar-refractivity contribution in [3.05, 3.63) is 29.8 Å². The molecule has 0 heterocycles. The average Bonchev–Trinajstić information content (AvgIpc) is 2.29. The maximum absolute atomic E-state index is 5.86. The van der Waals surface area contributed by atoms with Gasteiger partial charge in [0.25, 0.3) is 0 Å². The smallest absolute Gasteiger partial charge is 0.122 e. The van der Waals surface area contributed by atoms with E-state index in [1.165, 1.54) is 5.56 Å². The molecule has 0 saturated carbocycles. The highest BCUT2D eigenvalue weighted by atomic mass is 16.5. The summed E-state index contributed by atoms with van der Waals surface area (Å²) in [4.78, 5) is 2.17. The molecule has 3 nitrogen and oxygen atoms in total. The third-order valence-corrected chi connectivity index (χ3v) is 3.28. The maximum atomic E-state index is 5.86. The molecular weight excluding hydrogens is 200 g/mol. The fraction of sp³-hybridized carbons (Fsp3) is 0.538. The van der Waals surface area contributed by atoms with E-state index in [0.29, 0.717) is 6.54 Å². The van der Waals surface area contributed by atoms with Gasteiger partial charge in [-0.2, -0.15) is 0 Å². The van der Waals surface area contributed by atoms with E-state index in [2.05, 4.69) is 32.0 Å². The molecule has 0 spiro atoms. The third kappa shape index (κ3) is 2.74. The normalized spacial score (nSPS) is 14.9. The van der Waals surface area contributed by atoms with Gasteiger partial charge in [-0.1, -0.05) is 18.2 Å². The molecule has 1 atom stereocenters. The molecule has 0 radical (unpaired) electrons. The van der Waals surface area contributed by atoms with Crippen LogP contribution in [-0.2, 0) is 6.42 Å². The van der Waals surface area contributed by atoms with E-state index >= 15 is 0 Å². The number of ether oxygens (including phenoxy) is 1. The number of rotatable bonds is 5. The van der Waals surface area contributed by atoms with Crippen LogP contribution in [0.15, 0.2) is 24.3 Å². The van der Waals surface area contributed by atoms with Crippen LogP contribution < -0.4 is 10.5 Å². The molecular formula is C13H22N2O. The first-order valence-corrected chi connectivity index (χ1v) is 5.53. The highest BCUT2D eigenvalue weighted by Gasteiger charge is 2.26. The van der Waals surface area contributed by atoms with Crippen molar-refractivity contribution in [1.82, 2.24) is 4.90 Å². The first-order valence-electron chi connectivity index (χ1n) is 5.53. The van der Waals surface area contributed by atoms with E-state index in [0.717, 1.165) is 12.2 Å². The minimum Gasteiger partial charge on any atom is -0.496 e. The summed E-state index contributed by atoms with van der Waals surface area (Å²) in [6.07, 6.45) is 0.889. The second-order valence-corrected chi connectivity index (χ2v) is 4.58. The van der Waals surface area contributed by atoms with E-state index < -0.39 is 0 Å². The molecule has 0 amide bonds. The van der Waals surface area contributed by atoms with Gasteiger partial charge in [0.15, 0.2) is 0 Å². The van der Waals surface area contributed by atoms with Crippen LogP contribution in [0.25, 0.3) is 0 Å². The van der Waals surface area contributed by atoms with Crippen molar-refractivity contribution in [1.29, 1.82) is 0 Å². The standard InChI is InChI=1S/C13H22N2O/c1-13(10-14,15(2)3)9-11-7-5-6-8-12(11)16-4/h5-8H,9-10,14H2,1-4H3. The van der Waals surface area contributed by atoms with Crippen LogP contribution in [0.2, 0.25) is 0 Å². The van der Waals surface area contributed by atoms with Crippen molar-refractivity contribution in [2.45, 2.75) is 18.9 Å². The van der Waals surface area contributed by atoms with Gasteiger partial charge < -0.3 is 15.4 Å². The minimum absolute atomic E-state index is 0.0331. The van der Waals surface area contributed by atoms with E-state index in [1.807, 2.05) is 18.2 Å². The second kappa shape index (κ2) is 5.32. The van der Waals surface area contributed by atoms with Gasteiger partial charge >= 0.3 is 0 Å². The number of nitrogens with zero attached hydrogens (tertiary/aromatic N) is 1. The lowest BCUT2D eigenvalue weighted by Crippen LogP contribution is -2.49. The Hall–Kier alpha value is -1.06. The Kier molecular flexibility index (Phi) is 4.33. The first-order chi connectivity index (χ1) is 7.53. The molecule has 1 aromatic rings. The number of benzene rings is 1. The number of para-hydroxylation sites is 1. The van der Waals surface area contributed by atoms with Crippen molar-refractivity contribution in [3.63, 3.8) is 0 Å². The van der Waals surface area contributed by atoms with Crippen LogP contribution in [0.1, 0.15) is 12.5 Å². The predicted octanol–water partition coefficient (Wildman–Crippen LogP) is 1.52. The minimum atomic E-state index is -0.0331. The molecule has 0 aliphatic rings. The summed E-state index contributed by atoms with van der Waals surface area (Å²) in [5, 5.41) is 0. The van der Waals surface area contributed by atoms with Crippen molar-refractivity contribution in [2.75, 3.05) is 27.7 Å². The third-order valence-electron chi connectivity index (χ3n) is 3.28. The van der Waals surface area contributed by atoms with E-state index in [1.54, 1.807) is 7.11 Å². The van der Waals surface area contributed by atoms with Gasteiger partial charge in [0.2, 0.25) is 0 Å². The predicted molar refractivity (Wildman–Crippen MR) is 67.8 cm³/mol. The van der Waals surface area contributed by atoms with Crippen LogP contribution in [-0.4, -0.2) is 38.2 Å². The molecule has 1 rings (SSSR count). The summed E-state index contributed by atoms with van der Waals surface area (Å²) < 4.78 is 5.36. The van der Waals surface area contributed by atoms with E-state index in [-0.39, 0.29) is 5.54 Å². The van der Waals surface area contributed by atoms with Gasteiger partial charge in [-0.05, 0) is 39.1 Å². The Bertz CT molecular complexity index is 338. The summed E-state index contributed by atoms with van der Waals surface area (Å²) in [5.74, 6) is 0.934. The molecule has 0 aliphatic heterocycles. The zero-order valence-corrected chi connectivity index (χ0v) is 10.7. The van der Waals surface area contributed by atoms with Crippen LogP contribution in [0.4, 0.5) is 0 Å². The van der Waals surface area contributed by atoms with Gasteiger partial charge in [0.05, 0.1) is 7.11 Å². The molecule has 0 fully saturated rings. The fourth-order valence-corrected chi connectivity index (χ4v) is 1.67. The van der Waals surface area contributed by atoms with Gasteiger partial charge in [-0.25, -0.2) is 0 Å². The molecule has 0 aromatic heterocycles. The molecule has 1 unspecified atom stereocenters. The van der Waals surface area contributed by atoms with Gasteiger partial charge in [0, 0.05) is 12.1 Å². The summed E-state index contributed by atoms with van der Waals surface area (Å²) in [6.45, 7) is 2.79. The van der Waals surface area contributed by atoms with Crippen molar-refractivity contribution >= 4 is 0 Å². The Morgan fingerprint density at radius 1 is 1.31 bits per heavy atom. The molecule has 90 valence electrons. The number of hydrogen-bond donors (Lipinski definition) is 1. The average molecular weight is 222 g/mol. The zero-order chi connectivity index (χ0) is 12.2. The Morgan fingerprint density at radius 2 is 1.94 bits per heavy atom. The molecule has 0 aliphatic carbocycles. The molecule has 0 saturated heterocycles. The van der Waals surface area contributed by atoms with Gasteiger partial charge in [0.1, 0.15) is 5.75 Å². The topological polar surface area (TPSA) is 38.5 Å². The maximum Gasteiger partial charge on any atom is 0.122 e. The van der Waals surface area contributed by atoms with Crippen molar-refractivity contribution in [3.8, 4) is 5.75 Å². The van der Waals surface area contributed by atoms with Crippen molar-refractivity contribution in [2.24, 2.45) is 5.73 Å². The highest BCUT2D eigenvalue weighted by Crippen LogP contribution is 2.24. The lowest BCUT2D eigenvalue weighted by molar-refractivity contribution is 0.179. The Labute approximate surface area is 98.2 Å². The monoisotopic (exact) mass is 222 g/mol. The number of nitrogens with two attached hydrogens (primary N) is 1. The van der Waals surface area contributed by atoms with Crippen LogP contribution in [0.5, 0.6) is 5.75 Å². The van der Waals surface area contributed by atoms with Crippen LogP contribution in [0.3, 0.4) is 0 Å². The fourth-order valence-electron chi connectivity index (χ4n) is 1.67. The van der Waals surface area contributed by atoms with E-state index in [9.17, 15) is 0 Å². The van der Waals surface area contributed by atoms with Gasteiger partial charge in [-0.15, -0.1) is 0 Å². The van der Waals surface area contributed by atoms with Crippen LogP contribution >= 0.6 is 0 Å². The number of likely N-dealkylation sites (N-methyl/N-ethyl adjacent to an activating group) is 1. The molecule has 3 heteroatoms. The summed E-state index contributed by atoms with van der Waals surface area (Å²) in [6, 6.07) is 8.10.